The predicted molar refractivity (Wildman–Crippen MR) is 74.2 cm³/mol. The number of hydrogen-bond acceptors (Lipinski definition) is 6. The van der Waals surface area contributed by atoms with Gasteiger partial charge >= 0.3 is 11.7 Å². The van der Waals surface area contributed by atoms with Crippen LogP contribution in [0.1, 0.15) is 30.1 Å². The fourth-order valence-electron chi connectivity index (χ4n) is 1.74. The molecule has 0 radical (unpaired) electrons. The Labute approximate surface area is 120 Å². The van der Waals surface area contributed by atoms with E-state index in [9.17, 15) is 19.7 Å². The van der Waals surface area contributed by atoms with E-state index in [-0.39, 0.29) is 12.4 Å². The standard InChI is InChI=1S/C12H16N4O5/c1-2-3-4-15(7-10(13)17)11-5-8(12(18)19)9(6-14-11)16(20)21/h5-6H,2-4,7H2,1H3,(H2,13,17)(H,18,19). The molecule has 114 valence electrons. The van der Waals surface area contributed by atoms with Crippen molar-refractivity contribution in [3.8, 4) is 0 Å². The van der Waals surface area contributed by atoms with E-state index in [1.165, 1.54) is 4.90 Å². The lowest BCUT2D eigenvalue weighted by molar-refractivity contribution is -0.385. The Kier molecular flexibility index (Phi) is 5.58. The molecule has 21 heavy (non-hydrogen) atoms. The number of hydrogen-bond donors (Lipinski definition) is 2. The van der Waals surface area contributed by atoms with Crippen molar-refractivity contribution >= 4 is 23.4 Å². The number of aromatic nitrogens is 1. The second-order valence-corrected chi connectivity index (χ2v) is 4.36. The highest BCUT2D eigenvalue weighted by Gasteiger charge is 2.23. The van der Waals surface area contributed by atoms with E-state index in [1.807, 2.05) is 6.92 Å². The summed E-state index contributed by atoms with van der Waals surface area (Å²) in [5.74, 6) is -1.85. The number of primary amides is 1. The highest BCUT2D eigenvalue weighted by molar-refractivity contribution is 5.93. The third-order valence-corrected chi connectivity index (χ3v) is 2.75. The van der Waals surface area contributed by atoms with Gasteiger partial charge in [0.2, 0.25) is 5.91 Å². The minimum absolute atomic E-state index is 0.135. The Morgan fingerprint density at radius 2 is 2.19 bits per heavy atom. The van der Waals surface area contributed by atoms with Gasteiger partial charge in [-0.3, -0.25) is 14.9 Å². The summed E-state index contributed by atoms with van der Waals surface area (Å²) in [6.45, 7) is 2.27. The molecule has 0 atom stereocenters. The fourth-order valence-corrected chi connectivity index (χ4v) is 1.74. The zero-order valence-corrected chi connectivity index (χ0v) is 11.5. The first-order valence-electron chi connectivity index (χ1n) is 6.27. The fraction of sp³-hybridized carbons (Fsp3) is 0.417. The number of carbonyl (C=O) groups is 2. The highest BCUT2D eigenvalue weighted by atomic mass is 16.6. The Bertz CT molecular complexity index is 561. The lowest BCUT2D eigenvalue weighted by Gasteiger charge is -2.22. The maximum Gasteiger partial charge on any atom is 0.342 e. The zero-order chi connectivity index (χ0) is 16.0. The number of carbonyl (C=O) groups excluding carboxylic acids is 1. The molecule has 1 amide bonds. The summed E-state index contributed by atoms with van der Waals surface area (Å²) in [6, 6.07) is 1.08. The van der Waals surface area contributed by atoms with Crippen molar-refractivity contribution < 1.29 is 19.6 Å². The molecule has 0 spiro atoms. The maximum absolute atomic E-state index is 11.1. The summed E-state index contributed by atoms with van der Waals surface area (Å²) < 4.78 is 0. The molecular weight excluding hydrogens is 280 g/mol. The molecule has 1 rings (SSSR count). The molecule has 1 aromatic heterocycles. The van der Waals surface area contributed by atoms with Gasteiger partial charge in [-0.15, -0.1) is 0 Å². The molecule has 0 aromatic carbocycles. The van der Waals surface area contributed by atoms with Gasteiger partial charge in [-0.25, -0.2) is 9.78 Å². The van der Waals surface area contributed by atoms with Crippen molar-refractivity contribution in [3.63, 3.8) is 0 Å². The van der Waals surface area contributed by atoms with Gasteiger partial charge < -0.3 is 15.7 Å². The number of pyridine rings is 1. The number of rotatable bonds is 8. The van der Waals surface area contributed by atoms with Crippen LogP contribution in [0.15, 0.2) is 12.3 Å². The van der Waals surface area contributed by atoms with E-state index >= 15 is 0 Å². The normalized spacial score (nSPS) is 10.1. The highest BCUT2D eigenvalue weighted by Crippen LogP contribution is 2.22. The average molecular weight is 296 g/mol. The van der Waals surface area contributed by atoms with Gasteiger partial charge in [-0.2, -0.15) is 0 Å². The molecule has 3 N–H and O–H groups in total. The van der Waals surface area contributed by atoms with Gasteiger partial charge in [0, 0.05) is 12.6 Å². The van der Waals surface area contributed by atoms with Gasteiger partial charge in [-0.1, -0.05) is 13.3 Å². The maximum atomic E-state index is 11.1. The molecule has 0 saturated carbocycles. The van der Waals surface area contributed by atoms with Crippen LogP contribution in [0.5, 0.6) is 0 Å². The molecule has 0 aliphatic rings. The van der Waals surface area contributed by atoms with Crippen molar-refractivity contribution in [2.45, 2.75) is 19.8 Å². The van der Waals surface area contributed by atoms with Crippen LogP contribution in [0.25, 0.3) is 0 Å². The van der Waals surface area contributed by atoms with Gasteiger partial charge in [0.15, 0.2) is 0 Å². The van der Waals surface area contributed by atoms with Crippen LogP contribution in [0.4, 0.5) is 11.5 Å². The molecule has 0 unspecified atom stereocenters. The molecule has 1 aromatic rings. The zero-order valence-electron chi connectivity index (χ0n) is 11.5. The van der Waals surface area contributed by atoms with Crippen molar-refractivity contribution in [3.05, 3.63) is 27.9 Å². The monoisotopic (exact) mass is 296 g/mol. The number of unbranched alkanes of at least 4 members (excludes halogenated alkanes) is 1. The quantitative estimate of drug-likeness (QED) is 0.533. The van der Waals surface area contributed by atoms with Crippen LogP contribution < -0.4 is 10.6 Å². The molecule has 0 aliphatic heterocycles. The summed E-state index contributed by atoms with van der Waals surface area (Å²) in [4.78, 5) is 37.5. The number of carboxylic acids is 1. The number of nitrogens with two attached hydrogens (primary N) is 1. The van der Waals surface area contributed by atoms with Crippen LogP contribution >= 0.6 is 0 Å². The first-order chi connectivity index (χ1) is 9.86. The van der Waals surface area contributed by atoms with Gasteiger partial charge in [0.05, 0.1) is 11.5 Å². The Balaban J connectivity index is 3.19. The lowest BCUT2D eigenvalue weighted by Crippen LogP contribution is -2.35. The molecule has 0 fully saturated rings. The number of nitro groups is 1. The first-order valence-corrected chi connectivity index (χ1v) is 6.27. The van der Waals surface area contributed by atoms with Gasteiger partial charge in [-0.05, 0) is 6.42 Å². The van der Waals surface area contributed by atoms with Crippen LogP contribution in [-0.2, 0) is 4.79 Å². The molecule has 0 bridgehead atoms. The molecular formula is C12H16N4O5. The minimum Gasteiger partial charge on any atom is -0.477 e. The summed E-state index contributed by atoms with van der Waals surface area (Å²) >= 11 is 0. The minimum atomic E-state index is -1.43. The summed E-state index contributed by atoms with van der Waals surface area (Å²) in [7, 11) is 0. The van der Waals surface area contributed by atoms with Crippen LogP contribution in [-0.4, -0.2) is 40.0 Å². The molecule has 0 aliphatic carbocycles. The van der Waals surface area contributed by atoms with Crippen LogP contribution in [0.3, 0.4) is 0 Å². The van der Waals surface area contributed by atoms with E-state index < -0.39 is 28.1 Å². The van der Waals surface area contributed by atoms with E-state index in [0.717, 1.165) is 25.1 Å². The van der Waals surface area contributed by atoms with Crippen molar-refractivity contribution in [1.82, 2.24) is 4.98 Å². The number of nitrogens with zero attached hydrogens (tertiary/aromatic N) is 3. The van der Waals surface area contributed by atoms with Crippen molar-refractivity contribution in [2.75, 3.05) is 18.0 Å². The summed E-state index contributed by atoms with van der Waals surface area (Å²) in [6.07, 6.45) is 2.47. The lowest BCUT2D eigenvalue weighted by atomic mass is 10.2. The van der Waals surface area contributed by atoms with Gasteiger partial charge in [0.25, 0.3) is 0 Å². The smallest absolute Gasteiger partial charge is 0.342 e. The van der Waals surface area contributed by atoms with E-state index in [0.29, 0.717) is 6.54 Å². The SMILES string of the molecule is CCCCN(CC(N)=O)c1cc(C(=O)O)c([N+](=O)[O-])cn1. The third-order valence-electron chi connectivity index (χ3n) is 2.75. The summed E-state index contributed by atoms with van der Waals surface area (Å²) in [5.41, 5.74) is 4.07. The molecule has 9 nitrogen and oxygen atoms in total. The van der Waals surface area contributed by atoms with Crippen LogP contribution in [0.2, 0.25) is 0 Å². The predicted octanol–water partition coefficient (Wildman–Crippen LogP) is 0.780. The Morgan fingerprint density at radius 1 is 1.52 bits per heavy atom. The Hall–Kier alpha value is -2.71. The van der Waals surface area contributed by atoms with E-state index in [4.69, 9.17) is 10.8 Å². The Morgan fingerprint density at radius 3 is 2.67 bits per heavy atom. The first kappa shape index (κ1) is 16.3. The van der Waals surface area contributed by atoms with E-state index in [2.05, 4.69) is 4.98 Å². The second kappa shape index (κ2) is 7.17. The average Bonchev–Trinajstić information content (AvgIpc) is 2.42. The molecule has 1 heterocycles. The van der Waals surface area contributed by atoms with Crippen molar-refractivity contribution in [1.29, 1.82) is 0 Å². The number of amides is 1. The number of aromatic carboxylic acids is 1. The number of carboxylic acid groups (broad SMARTS) is 1. The summed E-state index contributed by atoms with van der Waals surface area (Å²) in [5, 5.41) is 19.8. The van der Waals surface area contributed by atoms with E-state index in [1.54, 1.807) is 0 Å². The van der Waals surface area contributed by atoms with Gasteiger partial charge in [0.1, 0.15) is 17.6 Å². The number of anilines is 1. The third kappa shape index (κ3) is 4.41. The molecule has 9 heteroatoms. The molecule has 0 saturated heterocycles. The van der Waals surface area contributed by atoms with Crippen molar-refractivity contribution in [2.24, 2.45) is 5.73 Å². The largest absolute Gasteiger partial charge is 0.477 e. The second-order valence-electron chi connectivity index (χ2n) is 4.36. The topological polar surface area (TPSA) is 140 Å². The van der Waals surface area contributed by atoms with Crippen LogP contribution in [0, 0.1) is 10.1 Å².